The van der Waals surface area contributed by atoms with E-state index in [1.54, 1.807) is 0 Å². The molecule has 0 bridgehead atoms. The van der Waals surface area contributed by atoms with E-state index in [-0.39, 0.29) is 39.6 Å². The first-order valence-electron chi connectivity index (χ1n) is 12.9. The van der Waals surface area contributed by atoms with Crippen molar-refractivity contribution in [2.45, 2.75) is 25.2 Å². The van der Waals surface area contributed by atoms with Gasteiger partial charge in [0.1, 0.15) is 23.2 Å². The summed E-state index contributed by atoms with van der Waals surface area (Å²) in [7, 11) is -9.32. The van der Waals surface area contributed by atoms with Gasteiger partial charge in [-0.3, -0.25) is 23.7 Å². The zero-order chi connectivity index (χ0) is 32.1. The molecule has 45 heavy (non-hydrogen) atoms. The van der Waals surface area contributed by atoms with Gasteiger partial charge in [-0.2, -0.15) is 4.98 Å². The smallest absolute Gasteiger partial charge is 0.453 e. The molecule has 0 spiro atoms. The molecule has 238 valence electrons. The third-order valence-electron chi connectivity index (χ3n) is 6.32. The second-order valence-electron chi connectivity index (χ2n) is 9.80. The zero-order valence-corrected chi connectivity index (χ0v) is 26.4. The average molecular weight is 700 g/mol. The molecule has 18 nitrogen and oxygen atoms in total. The van der Waals surface area contributed by atoms with Crippen molar-refractivity contribution >= 4 is 62.2 Å². The van der Waals surface area contributed by atoms with Crippen molar-refractivity contribution in [1.29, 1.82) is 0 Å². The van der Waals surface area contributed by atoms with E-state index in [1.165, 1.54) is 47.3 Å². The molecule has 1 fully saturated rings. The highest BCUT2D eigenvalue weighted by molar-refractivity contribution is 8.09. The topological polar surface area (TPSA) is 253 Å². The summed E-state index contributed by atoms with van der Waals surface area (Å²) < 4.78 is 58.6. The summed E-state index contributed by atoms with van der Waals surface area (Å²) in [6.45, 7) is -4.17. The molecule has 5 atom stereocenters. The molecule has 3 aromatic rings. The van der Waals surface area contributed by atoms with Crippen LogP contribution in [-0.4, -0.2) is 53.7 Å². The van der Waals surface area contributed by atoms with Crippen LogP contribution < -0.4 is 21.2 Å². The number of ether oxygens (including phenoxy) is 1. The quantitative estimate of drug-likeness (QED) is 0.120. The van der Waals surface area contributed by atoms with Gasteiger partial charge < -0.3 is 29.2 Å². The fourth-order valence-corrected chi connectivity index (χ4v) is 10.5. The van der Waals surface area contributed by atoms with Crippen molar-refractivity contribution in [3.63, 3.8) is 0 Å². The number of H-pyrrole nitrogens is 1. The Bertz CT molecular complexity index is 2170. The molecule has 4 heterocycles. The van der Waals surface area contributed by atoms with E-state index in [0.29, 0.717) is 24.1 Å². The molecule has 1 aromatic carbocycles. The van der Waals surface area contributed by atoms with Crippen LogP contribution in [0, 0.1) is 0 Å². The lowest BCUT2D eigenvalue weighted by Crippen LogP contribution is -2.17. The number of anilines is 1. The van der Waals surface area contributed by atoms with Crippen molar-refractivity contribution in [2.75, 3.05) is 19.0 Å². The fraction of sp³-hybridized carbons (Fsp3) is 0.261. The lowest BCUT2D eigenvalue weighted by molar-refractivity contribution is -0.0202. The lowest BCUT2D eigenvalue weighted by atomic mass is 10.2. The summed E-state index contributed by atoms with van der Waals surface area (Å²) in [4.78, 5) is 59.2. The van der Waals surface area contributed by atoms with E-state index >= 15 is 0 Å². The summed E-state index contributed by atoms with van der Waals surface area (Å²) >= 11 is 4.80. The molecule has 5 unspecified atom stereocenters. The number of fused-ring (bicyclic) bond motifs is 3. The molecule has 2 aromatic heterocycles. The summed E-state index contributed by atoms with van der Waals surface area (Å²) in [5.41, 5.74) is 6.12. The molecule has 0 saturated carbocycles. The second kappa shape index (κ2) is 11.8. The molecule has 1 aliphatic carbocycles. The van der Waals surface area contributed by atoms with Gasteiger partial charge in [0, 0.05) is 12.1 Å². The van der Waals surface area contributed by atoms with Gasteiger partial charge in [0.15, 0.2) is 27.9 Å². The molecular weight excluding hydrogens is 677 g/mol. The average Bonchev–Trinajstić information content (AvgIpc) is 3.56. The highest BCUT2D eigenvalue weighted by atomic mass is 32.5. The Kier molecular flexibility index (Phi) is 8.29. The molecule has 1 saturated heterocycles. The number of hydrogen-bond acceptors (Lipinski definition) is 15. The second-order valence-corrected chi connectivity index (χ2v) is 16.3. The van der Waals surface area contributed by atoms with Crippen molar-refractivity contribution in [3.05, 3.63) is 63.3 Å². The molecule has 3 aliphatic rings. The Morgan fingerprint density at radius 1 is 1.13 bits per heavy atom. The number of rotatable bonds is 10. The minimum absolute atomic E-state index is 0.0453. The number of nitrogen functional groups attached to an aromatic ring is 1. The van der Waals surface area contributed by atoms with Gasteiger partial charge >= 0.3 is 22.1 Å². The number of phosphoric ester groups is 1. The summed E-state index contributed by atoms with van der Waals surface area (Å²) in [5.74, 6) is 0.0674. The van der Waals surface area contributed by atoms with Crippen molar-refractivity contribution in [3.8, 4) is 17.2 Å². The monoisotopic (exact) mass is 700 g/mol. The molecule has 0 amide bonds. The maximum absolute atomic E-state index is 13.0. The van der Waals surface area contributed by atoms with Crippen LogP contribution >= 0.6 is 22.1 Å². The Morgan fingerprint density at radius 3 is 2.73 bits per heavy atom. The van der Waals surface area contributed by atoms with Crippen molar-refractivity contribution < 1.29 is 45.7 Å². The largest absolute Gasteiger partial charge is 0.479 e. The Balaban J connectivity index is 1.06. The van der Waals surface area contributed by atoms with Gasteiger partial charge in [-0.15, -0.1) is 0 Å². The van der Waals surface area contributed by atoms with Gasteiger partial charge in [-0.25, -0.2) is 27.7 Å². The molecule has 2 aliphatic heterocycles. The molecule has 22 heteroatoms. The number of nitrogens with one attached hydrogen (secondary N) is 1. The fourth-order valence-electron chi connectivity index (χ4n) is 4.55. The SMILES string of the molecule is CP(=O)(Oc1ccc2nc3ccc(=O)cc-3oc2c1)OP(O)(=S)OP(=O)(O)OCC1CCC(n2cnc3c(=O)[nH]c(N)nc32)O1. The first-order valence-corrected chi connectivity index (χ1v) is 19.0. The number of nitrogens with zero attached hydrogens (tertiary/aromatic N) is 4. The summed E-state index contributed by atoms with van der Waals surface area (Å²) in [6.07, 6.45) is 0.800. The highest BCUT2D eigenvalue weighted by Crippen LogP contribution is 2.68. The Morgan fingerprint density at radius 2 is 1.93 bits per heavy atom. The first-order chi connectivity index (χ1) is 21.2. The van der Waals surface area contributed by atoms with Crippen LogP contribution in [0.2, 0.25) is 0 Å². The first kappa shape index (κ1) is 31.6. The molecule has 6 rings (SSSR count). The number of phosphoric acid groups is 1. The van der Waals surface area contributed by atoms with Crippen LogP contribution in [0.15, 0.2) is 56.7 Å². The van der Waals surface area contributed by atoms with Crippen LogP contribution in [0.3, 0.4) is 0 Å². The summed E-state index contributed by atoms with van der Waals surface area (Å²) in [5, 5.41) is 0. The van der Waals surface area contributed by atoms with E-state index in [2.05, 4.69) is 24.2 Å². The number of aromatic nitrogens is 5. The van der Waals surface area contributed by atoms with E-state index in [1.807, 2.05) is 0 Å². The highest BCUT2D eigenvalue weighted by Gasteiger charge is 2.39. The van der Waals surface area contributed by atoms with E-state index in [4.69, 9.17) is 40.1 Å². The molecular formula is C23H23N6O12P3S. The Hall–Kier alpha value is -3.34. The molecule has 5 N–H and O–H groups in total. The van der Waals surface area contributed by atoms with Crippen LogP contribution in [-0.2, 0) is 38.8 Å². The van der Waals surface area contributed by atoms with Gasteiger partial charge in [0.05, 0.1) is 25.7 Å². The van der Waals surface area contributed by atoms with Crippen molar-refractivity contribution in [1.82, 2.24) is 24.5 Å². The number of benzene rings is 2. The van der Waals surface area contributed by atoms with Crippen LogP contribution in [0.4, 0.5) is 5.95 Å². The number of hydrogen-bond donors (Lipinski definition) is 4. The van der Waals surface area contributed by atoms with E-state index < -0.39 is 46.6 Å². The van der Waals surface area contributed by atoms with E-state index in [0.717, 1.165) is 6.66 Å². The minimum atomic E-state index is -5.06. The normalized spacial score (nSPS) is 21.0. The number of imidazole rings is 1. The maximum Gasteiger partial charge on any atom is 0.479 e. The molecule has 0 radical (unpaired) electrons. The third kappa shape index (κ3) is 7.23. The van der Waals surface area contributed by atoms with Crippen LogP contribution in [0.25, 0.3) is 33.7 Å². The lowest BCUT2D eigenvalue weighted by Gasteiger charge is -2.23. The zero-order valence-electron chi connectivity index (χ0n) is 22.9. The predicted molar refractivity (Wildman–Crippen MR) is 161 cm³/mol. The standard InChI is InChI=1S/C23H23N6O12P3S/c1-42(32,39-13-3-6-16-18(9-13)38-17-8-12(30)2-5-15(17)26-16)40-44(35,45)41-43(33,34)36-10-14-4-7-19(37-14)29-11-25-20-21(29)27-23(24)28-22(20)31/h2-3,5-6,8-9,11,14,19H,4,7,10H2,1H3,(H,33,34)(H,35,45)(H3,24,27,28,31). The number of aromatic amines is 1. The van der Waals surface area contributed by atoms with Gasteiger partial charge in [-0.1, -0.05) is 0 Å². The van der Waals surface area contributed by atoms with Gasteiger partial charge in [0.2, 0.25) is 5.95 Å². The van der Waals surface area contributed by atoms with Crippen LogP contribution in [0.1, 0.15) is 19.1 Å². The van der Waals surface area contributed by atoms with Crippen LogP contribution in [0.5, 0.6) is 5.75 Å². The van der Waals surface area contributed by atoms with E-state index in [9.17, 15) is 28.5 Å². The third-order valence-corrected chi connectivity index (χ3v) is 12.2. The van der Waals surface area contributed by atoms with Gasteiger partial charge in [-0.05, 0) is 48.9 Å². The number of nitrogens with two attached hydrogens (primary N) is 1. The van der Waals surface area contributed by atoms with Crippen molar-refractivity contribution in [2.24, 2.45) is 0 Å². The Labute approximate surface area is 256 Å². The maximum atomic E-state index is 13.0. The van der Waals surface area contributed by atoms with Gasteiger partial charge in [0.25, 0.3) is 5.56 Å². The predicted octanol–water partition coefficient (Wildman–Crippen LogP) is 3.25. The minimum Gasteiger partial charge on any atom is -0.453 e. The summed E-state index contributed by atoms with van der Waals surface area (Å²) in [6, 6.07) is 8.33.